The van der Waals surface area contributed by atoms with Crippen molar-refractivity contribution in [2.75, 3.05) is 6.54 Å². The van der Waals surface area contributed by atoms with E-state index in [1.54, 1.807) is 12.1 Å². The first-order valence-electron chi connectivity index (χ1n) is 7.41. The van der Waals surface area contributed by atoms with Gasteiger partial charge in [0.05, 0.1) is 12.3 Å². The molecular weight excluding hydrogens is 304 g/mol. The van der Waals surface area contributed by atoms with Crippen molar-refractivity contribution in [2.24, 2.45) is 4.99 Å². The van der Waals surface area contributed by atoms with Gasteiger partial charge in [0, 0.05) is 5.02 Å². The first kappa shape index (κ1) is 15.0. The van der Waals surface area contributed by atoms with Crippen LogP contribution < -0.4 is 0 Å². The molecule has 1 aliphatic carbocycles. The summed E-state index contributed by atoms with van der Waals surface area (Å²) in [5, 5.41) is 9.72. The van der Waals surface area contributed by atoms with Gasteiger partial charge in [0.25, 0.3) is 0 Å². The van der Waals surface area contributed by atoms with Crippen molar-refractivity contribution in [3.8, 4) is 0 Å². The maximum Gasteiger partial charge on any atom is 0.394 e. The highest BCUT2D eigenvalue weighted by molar-refractivity contribution is 6.32. The van der Waals surface area contributed by atoms with E-state index in [0.29, 0.717) is 5.02 Å². The summed E-state index contributed by atoms with van der Waals surface area (Å²) in [6.07, 6.45) is 4.47. The molecule has 1 saturated carbocycles. The van der Waals surface area contributed by atoms with Crippen LogP contribution >= 0.6 is 11.6 Å². The van der Waals surface area contributed by atoms with Crippen LogP contribution in [-0.4, -0.2) is 39.8 Å². The van der Waals surface area contributed by atoms with E-state index < -0.39 is 17.5 Å². The van der Waals surface area contributed by atoms with Crippen LogP contribution in [0.5, 0.6) is 0 Å². The number of carbonyl (C=O) groups is 2. The molecule has 5 nitrogen and oxygen atoms in total. The van der Waals surface area contributed by atoms with Gasteiger partial charge in [-0.1, -0.05) is 30.2 Å². The summed E-state index contributed by atoms with van der Waals surface area (Å²) < 4.78 is 0. The summed E-state index contributed by atoms with van der Waals surface area (Å²) in [5.41, 5.74) is 0.964. The molecule has 0 aromatic heterocycles. The van der Waals surface area contributed by atoms with Gasteiger partial charge in [-0.15, -0.1) is 0 Å². The van der Waals surface area contributed by atoms with E-state index in [-0.39, 0.29) is 6.54 Å². The second kappa shape index (κ2) is 5.72. The largest absolute Gasteiger partial charge is 0.474 e. The van der Waals surface area contributed by atoms with E-state index in [4.69, 9.17) is 21.7 Å². The molecule has 1 aromatic rings. The fourth-order valence-corrected chi connectivity index (χ4v) is 3.44. The fraction of sp³-hybridized carbons (Fsp3) is 0.438. The average molecular weight is 321 g/mol. The van der Waals surface area contributed by atoms with Gasteiger partial charge in [0.1, 0.15) is 5.66 Å². The van der Waals surface area contributed by atoms with Crippen LogP contribution in [0.15, 0.2) is 29.3 Å². The third-order valence-corrected chi connectivity index (χ3v) is 4.67. The zero-order valence-corrected chi connectivity index (χ0v) is 12.8. The zero-order chi connectivity index (χ0) is 15.7. The molecule has 1 fully saturated rings. The van der Waals surface area contributed by atoms with Crippen molar-refractivity contribution in [3.05, 3.63) is 34.9 Å². The lowest BCUT2D eigenvalue weighted by molar-refractivity contribution is -0.159. The van der Waals surface area contributed by atoms with Crippen molar-refractivity contribution < 1.29 is 14.7 Å². The molecule has 0 unspecified atom stereocenters. The number of aliphatic imine (C=N–C) groups is 1. The van der Waals surface area contributed by atoms with Gasteiger partial charge >= 0.3 is 11.9 Å². The summed E-state index contributed by atoms with van der Waals surface area (Å²) in [6.45, 7) is 0.243. The van der Waals surface area contributed by atoms with E-state index >= 15 is 0 Å². The SMILES string of the molecule is O=C(O)C(=O)N1CC(c2ccc(Cl)cc2)=NC12CCCCC2. The molecule has 1 heterocycles. The molecule has 1 amide bonds. The van der Waals surface area contributed by atoms with Crippen LogP contribution in [0.3, 0.4) is 0 Å². The van der Waals surface area contributed by atoms with Gasteiger partial charge in [-0.25, -0.2) is 4.79 Å². The molecule has 116 valence electrons. The number of carboxylic acids is 1. The van der Waals surface area contributed by atoms with E-state index in [2.05, 4.69) is 0 Å². The molecule has 0 radical (unpaired) electrons. The predicted molar refractivity (Wildman–Crippen MR) is 83.2 cm³/mol. The van der Waals surface area contributed by atoms with Crippen molar-refractivity contribution in [1.29, 1.82) is 0 Å². The molecule has 0 saturated heterocycles. The summed E-state index contributed by atoms with van der Waals surface area (Å²) in [5.74, 6) is -2.29. The van der Waals surface area contributed by atoms with Crippen LogP contribution in [0, 0.1) is 0 Å². The molecule has 1 aromatic carbocycles. The van der Waals surface area contributed by atoms with Gasteiger partial charge in [-0.3, -0.25) is 9.79 Å². The molecule has 1 N–H and O–H groups in total. The Morgan fingerprint density at radius 3 is 2.36 bits per heavy atom. The topological polar surface area (TPSA) is 70.0 Å². The number of aliphatic carboxylic acids is 1. The van der Waals surface area contributed by atoms with Crippen LogP contribution in [0.25, 0.3) is 0 Å². The number of carbonyl (C=O) groups excluding carboxylic acids is 1. The van der Waals surface area contributed by atoms with E-state index in [0.717, 1.165) is 43.4 Å². The van der Waals surface area contributed by atoms with Crippen molar-refractivity contribution in [1.82, 2.24) is 4.90 Å². The Kier molecular flexibility index (Phi) is 3.91. The number of halogens is 1. The predicted octanol–water partition coefficient (Wildman–Crippen LogP) is 2.72. The first-order valence-corrected chi connectivity index (χ1v) is 7.79. The number of rotatable bonds is 1. The monoisotopic (exact) mass is 320 g/mol. The van der Waals surface area contributed by atoms with Crippen LogP contribution in [0.1, 0.15) is 37.7 Å². The second-order valence-corrected chi connectivity index (χ2v) is 6.24. The number of hydrogen-bond donors (Lipinski definition) is 1. The normalized spacial score (nSPS) is 20.0. The minimum Gasteiger partial charge on any atom is -0.474 e. The Bertz CT molecular complexity index is 633. The maximum absolute atomic E-state index is 12.1. The summed E-state index contributed by atoms with van der Waals surface area (Å²) in [6, 6.07) is 7.25. The van der Waals surface area contributed by atoms with Gasteiger partial charge in [0.2, 0.25) is 0 Å². The zero-order valence-electron chi connectivity index (χ0n) is 12.1. The number of hydrogen-bond acceptors (Lipinski definition) is 3. The lowest BCUT2D eigenvalue weighted by Crippen LogP contribution is -2.51. The minimum atomic E-state index is -1.42. The van der Waals surface area contributed by atoms with Gasteiger partial charge in [-0.05, 0) is 43.4 Å². The molecule has 3 rings (SSSR count). The van der Waals surface area contributed by atoms with Crippen molar-refractivity contribution in [2.45, 2.75) is 37.8 Å². The molecule has 0 atom stereocenters. The summed E-state index contributed by atoms with van der Waals surface area (Å²) in [4.78, 5) is 29.4. The Morgan fingerprint density at radius 1 is 1.14 bits per heavy atom. The average Bonchev–Trinajstić information content (AvgIpc) is 2.86. The number of benzene rings is 1. The number of nitrogens with zero attached hydrogens (tertiary/aromatic N) is 2. The number of amides is 1. The minimum absolute atomic E-state index is 0.243. The van der Waals surface area contributed by atoms with Crippen LogP contribution in [0.4, 0.5) is 0 Å². The Hall–Kier alpha value is -1.88. The van der Waals surface area contributed by atoms with Gasteiger partial charge in [0.15, 0.2) is 0 Å². The summed E-state index contributed by atoms with van der Waals surface area (Å²) >= 11 is 5.90. The van der Waals surface area contributed by atoms with Crippen molar-refractivity contribution in [3.63, 3.8) is 0 Å². The molecular formula is C16H17ClN2O3. The fourth-order valence-electron chi connectivity index (χ4n) is 3.32. The van der Waals surface area contributed by atoms with Crippen molar-refractivity contribution >= 4 is 29.2 Å². The summed E-state index contributed by atoms with van der Waals surface area (Å²) in [7, 11) is 0. The standard InChI is InChI=1S/C16H17ClN2O3/c17-12-6-4-11(5-7-12)13-10-19(14(20)15(21)22)16(18-13)8-2-1-3-9-16/h4-7H,1-3,8-10H2,(H,21,22). The number of carboxylic acid groups (broad SMARTS) is 1. The molecule has 22 heavy (non-hydrogen) atoms. The Labute approximate surface area is 133 Å². The highest BCUT2D eigenvalue weighted by Crippen LogP contribution is 2.39. The Morgan fingerprint density at radius 2 is 1.77 bits per heavy atom. The van der Waals surface area contributed by atoms with E-state index in [1.165, 1.54) is 4.90 Å². The first-order chi connectivity index (χ1) is 10.5. The molecule has 1 aliphatic heterocycles. The second-order valence-electron chi connectivity index (χ2n) is 5.80. The highest BCUT2D eigenvalue weighted by Gasteiger charge is 2.47. The smallest absolute Gasteiger partial charge is 0.394 e. The van der Waals surface area contributed by atoms with Gasteiger partial charge in [-0.2, -0.15) is 0 Å². The highest BCUT2D eigenvalue weighted by atomic mass is 35.5. The van der Waals surface area contributed by atoms with E-state index in [9.17, 15) is 9.59 Å². The quantitative estimate of drug-likeness (QED) is 0.809. The lowest BCUT2D eigenvalue weighted by atomic mass is 9.88. The lowest BCUT2D eigenvalue weighted by Gasteiger charge is -2.38. The molecule has 0 bridgehead atoms. The maximum atomic E-state index is 12.1. The van der Waals surface area contributed by atoms with Crippen LogP contribution in [0.2, 0.25) is 5.02 Å². The van der Waals surface area contributed by atoms with Gasteiger partial charge < -0.3 is 10.0 Å². The van der Waals surface area contributed by atoms with Crippen LogP contribution in [-0.2, 0) is 9.59 Å². The molecule has 1 spiro atoms. The third kappa shape index (κ3) is 2.61. The molecule has 6 heteroatoms. The molecule has 2 aliphatic rings. The Balaban J connectivity index is 1.96. The van der Waals surface area contributed by atoms with E-state index in [1.807, 2.05) is 12.1 Å². The third-order valence-electron chi connectivity index (χ3n) is 4.41.